The van der Waals surface area contributed by atoms with Gasteiger partial charge in [-0.2, -0.15) is 0 Å². The zero-order valence-electron chi connectivity index (χ0n) is 25.3. The number of phenolic OH excluding ortho intramolecular Hbond substituents is 1. The Labute approximate surface area is 253 Å². The number of likely N-dealkylation sites (tertiary alicyclic amines) is 1. The van der Waals surface area contributed by atoms with Crippen molar-refractivity contribution < 1.29 is 14.2 Å². The molecule has 9 heteroatoms. The Morgan fingerprint density at radius 2 is 1.95 bits per heavy atom. The van der Waals surface area contributed by atoms with Crippen molar-refractivity contribution in [3.8, 4) is 17.0 Å². The molecule has 2 atom stereocenters. The van der Waals surface area contributed by atoms with Crippen molar-refractivity contribution in [1.29, 1.82) is 0 Å². The van der Waals surface area contributed by atoms with Gasteiger partial charge < -0.3 is 25.4 Å². The molecular weight excluding hydrogens is 543 g/mol. The Balaban J connectivity index is 1.37. The van der Waals surface area contributed by atoms with E-state index in [0.29, 0.717) is 28.8 Å². The molecule has 43 heavy (non-hydrogen) atoms. The smallest absolute Gasteiger partial charge is 0.153 e. The van der Waals surface area contributed by atoms with Gasteiger partial charge >= 0.3 is 0 Å². The number of aromatic nitrogens is 1. The van der Waals surface area contributed by atoms with Gasteiger partial charge in [-0.05, 0) is 60.7 Å². The third-order valence-electron chi connectivity index (χ3n) is 8.81. The van der Waals surface area contributed by atoms with Crippen molar-refractivity contribution in [2.75, 3.05) is 52.5 Å². The van der Waals surface area contributed by atoms with Gasteiger partial charge in [0.2, 0.25) is 0 Å². The Morgan fingerprint density at radius 3 is 2.72 bits per heavy atom. The third kappa shape index (κ3) is 6.69. The number of unbranched alkanes of at least 4 members (excludes halogenated alkanes) is 1. The summed E-state index contributed by atoms with van der Waals surface area (Å²) in [6.07, 6.45) is 8.11. The van der Waals surface area contributed by atoms with Crippen molar-refractivity contribution in [3.05, 3.63) is 71.4 Å². The number of benzene rings is 2. The number of rotatable bonds is 9. The van der Waals surface area contributed by atoms with E-state index >= 15 is 4.39 Å². The maximum atomic E-state index is 16.4. The van der Waals surface area contributed by atoms with Gasteiger partial charge in [-0.3, -0.25) is 9.88 Å². The minimum Gasteiger partial charge on any atom is -0.508 e. The number of nitrogens with one attached hydrogen (secondary N) is 2. The molecule has 0 saturated carbocycles. The van der Waals surface area contributed by atoms with Crippen LogP contribution in [0.4, 0.5) is 4.39 Å². The van der Waals surface area contributed by atoms with Crippen molar-refractivity contribution in [2.24, 2.45) is 4.99 Å². The number of allylic oxidation sites excluding steroid dienone is 1. The second-order valence-electron chi connectivity index (χ2n) is 11.9. The van der Waals surface area contributed by atoms with E-state index in [-0.39, 0.29) is 11.4 Å². The largest absolute Gasteiger partial charge is 0.508 e. The van der Waals surface area contributed by atoms with E-state index in [2.05, 4.69) is 33.4 Å². The zero-order chi connectivity index (χ0) is 29.8. The molecular formula is C34H43FN6O2. The molecule has 0 amide bonds. The number of morpholine rings is 1. The number of aliphatic imine (C=N–C) groups is 1. The number of hydrogen-bond donors (Lipinski definition) is 3. The molecule has 0 aliphatic carbocycles. The van der Waals surface area contributed by atoms with E-state index in [1.807, 2.05) is 31.2 Å². The Bertz CT molecular complexity index is 1490. The number of phenols is 1. The van der Waals surface area contributed by atoms with E-state index < -0.39 is 5.82 Å². The summed E-state index contributed by atoms with van der Waals surface area (Å²) in [6.45, 7) is 10.7. The molecule has 228 valence electrons. The molecule has 2 unspecified atom stereocenters. The summed E-state index contributed by atoms with van der Waals surface area (Å²) >= 11 is 0. The van der Waals surface area contributed by atoms with E-state index in [1.54, 1.807) is 18.3 Å². The first-order valence-corrected chi connectivity index (χ1v) is 15.7. The Hall–Kier alpha value is -3.53. The molecule has 3 fully saturated rings. The van der Waals surface area contributed by atoms with Crippen LogP contribution in [-0.2, 0) is 4.74 Å². The predicted molar refractivity (Wildman–Crippen MR) is 170 cm³/mol. The summed E-state index contributed by atoms with van der Waals surface area (Å²) in [4.78, 5) is 14.6. The Kier molecular flexibility index (Phi) is 9.21. The van der Waals surface area contributed by atoms with Gasteiger partial charge in [-0.15, -0.1) is 0 Å². The number of hydrogen-bond acceptors (Lipinski definition) is 7. The number of halogens is 1. The standard InChI is InChI=1S/C34H43FN6O2/c1-3-4-9-31(36-12-13-40-14-16-43-17-15-40)39-34(41-21-25-10-11-26(22-41)38-25)30-20-37-33(32(35)23(30)2)29-19-27(42)18-24-7-5-6-8-28(24)29/h5-9,18-20,25-26,36,38,42H,3-4,10-17,21-22H2,1-2H3/b31-9+,39-34+. The van der Waals surface area contributed by atoms with Crippen LogP contribution >= 0.6 is 0 Å². The average molecular weight is 587 g/mol. The normalized spacial score (nSPS) is 21.5. The number of ether oxygens (including phenoxy) is 1. The van der Waals surface area contributed by atoms with Gasteiger partial charge in [0.1, 0.15) is 23.1 Å². The van der Waals surface area contributed by atoms with Crippen LogP contribution in [0.15, 0.2) is 59.5 Å². The van der Waals surface area contributed by atoms with Crippen LogP contribution in [0.3, 0.4) is 0 Å². The predicted octanol–water partition coefficient (Wildman–Crippen LogP) is 4.80. The quantitative estimate of drug-likeness (QED) is 0.245. The molecule has 4 heterocycles. The number of fused-ring (bicyclic) bond motifs is 3. The van der Waals surface area contributed by atoms with Crippen LogP contribution in [0.1, 0.15) is 43.7 Å². The van der Waals surface area contributed by atoms with Crippen molar-refractivity contribution in [1.82, 2.24) is 25.4 Å². The zero-order valence-corrected chi connectivity index (χ0v) is 25.3. The van der Waals surface area contributed by atoms with Gasteiger partial charge in [0.05, 0.1) is 13.2 Å². The van der Waals surface area contributed by atoms with Crippen LogP contribution in [-0.4, -0.2) is 90.3 Å². The highest BCUT2D eigenvalue weighted by Crippen LogP contribution is 2.35. The second kappa shape index (κ2) is 13.4. The lowest BCUT2D eigenvalue weighted by atomic mass is 9.98. The lowest BCUT2D eigenvalue weighted by Crippen LogP contribution is -2.53. The minimum absolute atomic E-state index is 0.0871. The molecule has 2 aromatic carbocycles. The molecule has 8 nitrogen and oxygen atoms in total. The lowest BCUT2D eigenvalue weighted by molar-refractivity contribution is 0.0387. The summed E-state index contributed by atoms with van der Waals surface area (Å²) < 4.78 is 21.9. The molecule has 3 aromatic rings. The second-order valence-corrected chi connectivity index (χ2v) is 11.9. The minimum atomic E-state index is -0.390. The van der Waals surface area contributed by atoms with Gasteiger partial charge in [0.15, 0.2) is 5.82 Å². The molecule has 0 radical (unpaired) electrons. The summed E-state index contributed by atoms with van der Waals surface area (Å²) in [5.74, 6) is 1.28. The van der Waals surface area contributed by atoms with Crippen LogP contribution in [0, 0.1) is 12.7 Å². The van der Waals surface area contributed by atoms with Gasteiger partial charge in [-0.1, -0.05) is 37.6 Å². The summed E-state index contributed by atoms with van der Waals surface area (Å²) in [5, 5.41) is 19.4. The molecule has 6 rings (SSSR count). The van der Waals surface area contributed by atoms with E-state index in [4.69, 9.17) is 14.7 Å². The monoisotopic (exact) mass is 586 g/mol. The molecule has 3 saturated heterocycles. The first-order valence-electron chi connectivity index (χ1n) is 15.7. The first-order chi connectivity index (χ1) is 21.0. The van der Waals surface area contributed by atoms with E-state index in [0.717, 1.165) is 101 Å². The van der Waals surface area contributed by atoms with Crippen LogP contribution in [0.5, 0.6) is 5.75 Å². The van der Waals surface area contributed by atoms with Gasteiger partial charge in [0.25, 0.3) is 0 Å². The fourth-order valence-electron chi connectivity index (χ4n) is 6.47. The topological polar surface area (TPSA) is 85.2 Å². The first kappa shape index (κ1) is 29.5. The number of aromatic hydroxyl groups is 1. The molecule has 3 N–H and O–H groups in total. The average Bonchev–Trinajstić information content (AvgIpc) is 3.36. The fourth-order valence-corrected chi connectivity index (χ4v) is 6.47. The third-order valence-corrected chi connectivity index (χ3v) is 8.81. The highest BCUT2D eigenvalue weighted by atomic mass is 19.1. The van der Waals surface area contributed by atoms with Gasteiger partial charge in [-0.25, -0.2) is 9.38 Å². The maximum Gasteiger partial charge on any atom is 0.153 e. The molecule has 3 aliphatic rings. The number of piperazine rings is 1. The fraction of sp³-hybridized carbons (Fsp3) is 0.471. The molecule has 2 bridgehead atoms. The Morgan fingerprint density at radius 1 is 1.19 bits per heavy atom. The summed E-state index contributed by atoms with van der Waals surface area (Å²) in [6, 6.07) is 11.8. The van der Waals surface area contributed by atoms with Gasteiger partial charge in [0, 0.05) is 68.7 Å². The SMILES string of the molecule is CCC/C=C(/N=C(\c1cnc(-c2cc(O)cc3ccccc23)c(F)c1C)N1CC2CCC(C1)N2)NCCN1CCOCC1. The molecule has 0 spiro atoms. The van der Waals surface area contributed by atoms with Crippen molar-refractivity contribution in [3.63, 3.8) is 0 Å². The van der Waals surface area contributed by atoms with E-state index in [1.165, 1.54) is 0 Å². The molecule has 3 aliphatic heterocycles. The maximum absolute atomic E-state index is 16.4. The number of pyridine rings is 1. The van der Waals surface area contributed by atoms with Crippen molar-refractivity contribution in [2.45, 2.75) is 51.6 Å². The number of amidine groups is 1. The van der Waals surface area contributed by atoms with Crippen molar-refractivity contribution >= 4 is 16.6 Å². The van der Waals surface area contributed by atoms with Crippen LogP contribution < -0.4 is 10.6 Å². The number of nitrogens with zero attached hydrogens (tertiary/aromatic N) is 4. The van der Waals surface area contributed by atoms with Crippen LogP contribution in [0.2, 0.25) is 0 Å². The molecule has 1 aromatic heterocycles. The highest BCUT2D eigenvalue weighted by Gasteiger charge is 2.35. The lowest BCUT2D eigenvalue weighted by Gasteiger charge is -2.36. The highest BCUT2D eigenvalue weighted by molar-refractivity contribution is 6.02. The van der Waals surface area contributed by atoms with Crippen LogP contribution in [0.25, 0.3) is 22.0 Å². The summed E-state index contributed by atoms with van der Waals surface area (Å²) in [5.41, 5.74) is 2.02. The summed E-state index contributed by atoms with van der Waals surface area (Å²) in [7, 11) is 0. The van der Waals surface area contributed by atoms with E-state index in [9.17, 15) is 5.11 Å².